The highest BCUT2D eigenvalue weighted by molar-refractivity contribution is 5.72. The highest BCUT2D eigenvalue weighted by Crippen LogP contribution is 2.51. The van der Waals surface area contributed by atoms with Gasteiger partial charge in [0.15, 0.2) is 0 Å². The molecule has 3 heteroatoms. The van der Waals surface area contributed by atoms with E-state index in [-0.39, 0.29) is 17.8 Å². The van der Waals surface area contributed by atoms with Crippen LogP contribution < -0.4 is 0 Å². The first-order valence-corrected chi connectivity index (χ1v) is 4.36. The van der Waals surface area contributed by atoms with E-state index in [0.29, 0.717) is 5.92 Å². The Morgan fingerprint density at radius 3 is 2.58 bits per heavy atom. The molecule has 0 amide bonds. The molecular weight excluding hydrogens is 154 g/mol. The average molecular weight is 165 g/mol. The van der Waals surface area contributed by atoms with Gasteiger partial charge in [-0.3, -0.25) is 4.79 Å². The largest absolute Gasteiger partial charge is 0.481 e. The molecule has 64 valence electrons. The van der Waals surface area contributed by atoms with Crippen molar-refractivity contribution in [3.05, 3.63) is 0 Å². The van der Waals surface area contributed by atoms with Crippen molar-refractivity contribution in [2.75, 3.05) is 0 Å². The first-order chi connectivity index (χ1) is 5.74. The molecule has 0 spiro atoms. The molecule has 1 N–H and O–H groups in total. The van der Waals surface area contributed by atoms with E-state index in [0.717, 1.165) is 19.3 Å². The van der Waals surface area contributed by atoms with E-state index in [1.807, 2.05) is 0 Å². The lowest BCUT2D eigenvalue weighted by molar-refractivity contribution is -0.144. The third kappa shape index (κ3) is 0.842. The van der Waals surface area contributed by atoms with Crippen molar-refractivity contribution in [3.63, 3.8) is 0 Å². The number of carbonyl (C=O) groups is 1. The SMILES string of the molecule is N#C[C@H]1[C@H]2CC[C@H](C2)[C@H]1C(=O)O. The van der Waals surface area contributed by atoms with Crippen LogP contribution in [0.5, 0.6) is 0 Å². The topological polar surface area (TPSA) is 61.1 Å². The van der Waals surface area contributed by atoms with E-state index in [4.69, 9.17) is 10.4 Å². The minimum atomic E-state index is -0.770. The maximum atomic E-state index is 10.8. The van der Waals surface area contributed by atoms with Gasteiger partial charge in [-0.1, -0.05) is 0 Å². The maximum Gasteiger partial charge on any atom is 0.308 e. The van der Waals surface area contributed by atoms with Gasteiger partial charge < -0.3 is 5.11 Å². The Morgan fingerprint density at radius 2 is 2.08 bits per heavy atom. The molecule has 4 atom stereocenters. The van der Waals surface area contributed by atoms with Crippen molar-refractivity contribution in [1.29, 1.82) is 5.26 Å². The van der Waals surface area contributed by atoms with Crippen molar-refractivity contribution < 1.29 is 9.90 Å². The van der Waals surface area contributed by atoms with E-state index < -0.39 is 5.97 Å². The van der Waals surface area contributed by atoms with Crippen molar-refractivity contribution in [1.82, 2.24) is 0 Å². The molecule has 2 saturated carbocycles. The highest BCUT2D eigenvalue weighted by Gasteiger charge is 2.51. The van der Waals surface area contributed by atoms with Gasteiger partial charge in [0.25, 0.3) is 0 Å². The van der Waals surface area contributed by atoms with Crippen LogP contribution in [-0.4, -0.2) is 11.1 Å². The lowest BCUT2D eigenvalue weighted by Gasteiger charge is -2.21. The molecule has 0 saturated heterocycles. The summed E-state index contributed by atoms with van der Waals surface area (Å²) in [6, 6.07) is 2.15. The summed E-state index contributed by atoms with van der Waals surface area (Å²) in [7, 11) is 0. The second kappa shape index (κ2) is 2.48. The van der Waals surface area contributed by atoms with E-state index in [2.05, 4.69) is 6.07 Å². The predicted octanol–water partition coefficient (Wildman–Crippen LogP) is 1.26. The van der Waals surface area contributed by atoms with Crippen molar-refractivity contribution >= 4 is 5.97 Å². The fourth-order valence-electron chi connectivity index (χ4n) is 2.83. The van der Waals surface area contributed by atoms with Crippen LogP contribution in [0.15, 0.2) is 0 Å². The first-order valence-electron chi connectivity index (χ1n) is 4.36. The molecule has 2 aliphatic rings. The van der Waals surface area contributed by atoms with Crippen LogP contribution in [0.1, 0.15) is 19.3 Å². The standard InChI is InChI=1S/C9H11NO2/c10-4-7-5-1-2-6(3-5)8(7)9(11)12/h5-8H,1-3H2,(H,11,12)/t5-,6+,7-,8+/m0/s1. The fraction of sp³-hybridized carbons (Fsp3) is 0.778. The third-order valence-corrected chi connectivity index (χ3v) is 3.35. The number of fused-ring (bicyclic) bond motifs is 2. The van der Waals surface area contributed by atoms with Crippen LogP contribution in [0, 0.1) is 35.0 Å². The van der Waals surface area contributed by atoms with Crippen molar-refractivity contribution in [2.24, 2.45) is 23.7 Å². The molecule has 3 nitrogen and oxygen atoms in total. The summed E-state index contributed by atoms with van der Waals surface area (Å²) in [6.07, 6.45) is 3.04. The molecule has 0 aromatic carbocycles. The summed E-state index contributed by atoms with van der Waals surface area (Å²) in [6.45, 7) is 0. The van der Waals surface area contributed by atoms with Gasteiger partial charge in [-0.05, 0) is 31.1 Å². The highest BCUT2D eigenvalue weighted by atomic mass is 16.4. The minimum Gasteiger partial charge on any atom is -0.481 e. The van der Waals surface area contributed by atoms with Crippen LogP contribution in [-0.2, 0) is 4.79 Å². The number of nitriles is 1. The van der Waals surface area contributed by atoms with E-state index in [9.17, 15) is 4.79 Å². The first kappa shape index (κ1) is 7.60. The van der Waals surface area contributed by atoms with Gasteiger partial charge in [0.2, 0.25) is 0 Å². The van der Waals surface area contributed by atoms with Crippen LogP contribution in [0.2, 0.25) is 0 Å². The molecule has 0 radical (unpaired) electrons. The molecular formula is C9H11NO2. The Balaban J connectivity index is 2.23. The minimum absolute atomic E-state index is 0.207. The normalized spacial score (nSPS) is 44.2. The second-order valence-electron chi connectivity index (χ2n) is 3.85. The molecule has 2 rings (SSSR count). The molecule has 12 heavy (non-hydrogen) atoms. The number of carboxylic acids is 1. The van der Waals surface area contributed by atoms with Gasteiger partial charge in [-0.15, -0.1) is 0 Å². The van der Waals surface area contributed by atoms with Gasteiger partial charge in [-0.2, -0.15) is 5.26 Å². The van der Waals surface area contributed by atoms with E-state index in [1.54, 1.807) is 0 Å². The summed E-state index contributed by atoms with van der Waals surface area (Å²) in [5.74, 6) is -0.679. The Kier molecular flexibility index (Phi) is 1.57. The number of hydrogen-bond acceptors (Lipinski definition) is 2. The molecule has 2 bridgehead atoms. The zero-order valence-electron chi connectivity index (χ0n) is 6.73. The molecule has 0 aromatic rings. The van der Waals surface area contributed by atoms with Gasteiger partial charge in [0.05, 0.1) is 17.9 Å². The van der Waals surface area contributed by atoms with Crippen molar-refractivity contribution in [3.8, 4) is 6.07 Å². The summed E-state index contributed by atoms with van der Waals surface area (Å²) in [5.41, 5.74) is 0. The molecule has 0 heterocycles. The quantitative estimate of drug-likeness (QED) is 0.636. The average Bonchev–Trinajstić information content (AvgIpc) is 2.60. The predicted molar refractivity (Wildman–Crippen MR) is 41.1 cm³/mol. The van der Waals surface area contributed by atoms with Crippen LogP contribution in [0.3, 0.4) is 0 Å². The monoisotopic (exact) mass is 165 g/mol. The third-order valence-electron chi connectivity index (χ3n) is 3.35. The van der Waals surface area contributed by atoms with Crippen LogP contribution in [0.4, 0.5) is 0 Å². The number of hydrogen-bond donors (Lipinski definition) is 1. The second-order valence-corrected chi connectivity index (χ2v) is 3.85. The Hall–Kier alpha value is -1.04. The smallest absolute Gasteiger partial charge is 0.308 e. The molecule has 2 fully saturated rings. The Labute approximate surface area is 71.0 Å². The zero-order chi connectivity index (χ0) is 8.72. The van der Waals surface area contributed by atoms with E-state index >= 15 is 0 Å². The fourth-order valence-corrected chi connectivity index (χ4v) is 2.83. The summed E-state index contributed by atoms with van der Waals surface area (Å²) in [5, 5.41) is 17.7. The van der Waals surface area contributed by atoms with Crippen molar-refractivity contribution in [2.45, 2.75) is 19.3 Å². The number of rotatable bonds is 1. The molecule has 0 aromatic heterocycles. The molecule has 0 unspecified atom stereocenters. The van der Waals surface area contributed by atoms with Gasteiger partial charge in [0.1, 0.15) is 0 Å². The lowest BCUT2D eigenvalue weighted by Crippen LogP contribution is -2.28. The lowest BCUT2D eigenvalue weighted by atomic mass is 9.80. The molecule has 0 aliphatic heterocycles. The zero-order valence-corrected chi connectivity index (χ0v) is 6.73. The van der Waals surface area contributed by atoms with Crippen LogP contribution in [0.25, 0.3) is 0 Å². The van der Waals surface area contributed by atoms with E-state index in [1.165, 1.54) is 0 Å². The maximum absolute atomic E-state index is 10.8. The van der Waals surface area contributed by atoms with Gasteiger partial charge in [0, 0.05) is 0 Å². The summed E-state index contributed by atoms with van der Waals surface area (Å²) in [4.78, 5) is 10.8. The Morgan fingerprint density at radius 1 is 1.42 bits per heavy atom. The van der Waals surface area contributed by atoms with Crippen LogP contribution >= 0.6 is 0 Å². The Bertz CT molecular complexity index is 256. The molecule has 2 aliphatic carbocycles. The number of carboxylic acid groups (broad SMARTS) is 1. The summed E-state index contributed by atoms with van der Waals surface area (Å²) < 4.78 is 0. The number of nitrogens with zero attached hydrogens (tertiary/aromatic N) is 1. The summed E-state index contributed by atoms with van der Waals surface area (Å²) >= 11 is 0. The van der Waals surface area contributed by atoms with Gasteiger partial charge in [-0.25, -0.2) is 0 Å². The van der Waals surface area contributed by atoms with Gasteiger partial charge >= 0.3 is 5.97 Å². The number of aliphatic carboxylic acids is 1.